The highest BCUT2D eigenvalue weighted by atomic mass is 35.5. The van der Waals surface area contributed by atoms with E-state index in [-0.39, 0.29) is 17.1 Å². The van der Waals surface area contributed by atoms with Gasteiger partial charge in [0.25, 0.3) is 0 Å². The molecule has 1 unspecified atom stereocenters. The average molecular weight is 398 g/mol. The van der Waals surface area contributed by atoms with Gasteiger partial charge in [0.1, 0.15) is 0 Å². The summed E-state index contributed by atoms with van der Waals surface area (Å²) >= 11 is 5.75. The molecule has 0 aliphatic carbocycles. The van der Waals surface area contributed by atoms with Crippen LogP contribution in [0.1, 0.15) is 17.2 Å². The van der Waals surface area contributed by atoms with E-state index < -0.39 is 5.82 Å². The van der Waals surface area contributed by atoms with Crippen molar-refractivity contribution in [2.45, 2.75) is 12.6 Å². The van der Waals surface area contributed by atoms with Crippen molar-refractivity contribution in [1.29, 1.82) is 0 Å². The first-order valence-electron chi connectivity index (χ1n) is 9.23. The van der Waals surface area contributed by atoms with Crippen molar-refractivity contribution >= 4 is 23.1 Å². The number of halogens is 2. The lowest BCUT2D eigenvalue weighted by molar-refractivity contribution is 0.154. The quantitative estimate of drug-likeness (QED) is 0.633. The second-order valence-electron chi connectivity index (χ2n) is 6.76. The predicted octanol–water partition coefficient (Wildman–Crippen LogP) is 4.16. The van der Waals surface area contributed by atoms with Crippen molar-refractivity contribution in [3.63, 3.8) is 0 Å². The van der Waals surface area contributed by atoms with Crippen molar-refractivity contribution in [3.05, 3.63) is 83.0 Å². The average Bonchev–Trinajstić information content (AvgIpc) is 2.73. The molecule has 4 rings (SSSR count). The summed E-state index contributed by atoms with van der Waals surface area (Å²) in [5.74, 6) is -0.475. The molecule has 1 fully saturated rings. The number of aromatic nitrogens is 2. The molecule has 144 valence electrons. The molecule has 2 heterocycles. The molecule has 28 heavy (non-hydrogen) atoms. The van der Waals surface area contributed by atoms with Gasteiger partial charge in [0.05, 0.1) is 6.20 Å². The lowest BCUT2D eigenvalue weighted by Gasteiger charge is -2.36. The maximum Gasteiger partial charge on any atom is 0.224 e. The Morgan fingerprint density at radius 1 is 1.14 bits per heavy atom. The first-order chi connectivity index (χ1) is 13.7. The molecule has 0 saturated carbocycles. The number of nitrogens with one attached hydrogen (secondary N) is 2. The molecule has 0 spiro atoms. The minimum absolute atomic E-state index is 0.00496. The van der Waals surface area contributed by atoms with E-state index in [1.165, 1.54) is 11.1 Å². The fraction of sp³-hybridized carbons (Fsp3) is 0.238. The molecular formula is C21H21ClFN5. The van der Waals surface area contributed by atoms with E-state index in [0.717, 1.165) is 38.1 Å². The SMILES string of the molecule is Fc1cnc(Cl)nc1Nc1ccc(C2CNCCN2Cc2ccccc2)cc1. The van der Waals surface area contributed by atoms with Gasteiger partial charge in [0.2, 0.25) is 5.28 Å². The van der Waals surface area contributed by atoms with Crippen LogP contribution in [0.5, 0.6) is 0 Å². The van der Waals surface area contributed by atoms with E-state index in [9.17, 15) is 4.39 Å². The van der Waals surface area contributed by atoms with Gasteiger partial charge in [0.15, 0.2) is 11.6 Å². The Kier molecular flexibility index (Phi) is 5.81. The van der Waals surface area contributed by atoms with Crippen molar-refractivity contribution < 1.29 is 4.39 Å². The van der Waals surface area contributed by atoms with Gasteiger partial charge in [-0.3, -0.25) is 4.90 Å². The van der Waals surface area contributed by atoms with E-state index in [1.54, 1.807) is 0 Å². The minimum atomic E-state index is -0.543. The molecule has 0 radical (unpaired) electrons. The summed E-state index contributed by atoms with van der Waals surface area (Å²) in [5.41, 5.74) is 3.27. The summed E-state index contributed by atoms with van der Waals surface area (Å²) in [6.45, 7) is 3.79. The van der Waals surface area contributed by atoms with Crippen LogP contribution in [0.2, 0.25) is 5.28 Å². The number of nitrogens with zero attached hydrogens (tertiary/aromatic N) is 3. The zero-order chi connectivity index (χ0) is 19.3. The second kappa shape index (κ2) is 8.65. The van der Waals surface area contributed by atoms with Gasteiger partial charge in [-0.1, -0.05) is 42.5 Å². The molecule has 1 aliphatic rings. The molecule has 0 bridgehead atoms. The molecule has 1 atom stereocenters. The van der Waals surface area contributed by atoms with Crippen LogP contribution in [-0.2, 0) is 6.54 Å². The van der Waals surface area contributed by atoms with E-state index in [0.29, 0.717) is 0 Å². The van der Waals surface area contributed by atoms with Gasteiger partial charge in [0, 0.05) is 37.9 Å². The molecule has 0 amide bonds. The summed E-state index contributed by atoms with van der Waals surface area (Å²) < 4.78 is 13.8. The van der Waals surface area contributed by atoms with E-state index >= 15 is 0 Å². The molecule has 3 aromatic rings. The summed E-state index contributed by atoms with van der Waals surface area (Å²) in [7, 11) is 0. The van der Waals surface area contributed by atoms with Crippen molar-refractivity contribution in [2.75, 3.05) is 25.0 Å². The second-order valence-corrected chi connectivity index (χ2v) is 7.10. The highest BCUT2D eigenvalue weighted by molar-refractivity contribution is 6.28. The molecule has 5 nitrogen and oxygen atoms in total. The Hall–Kier alpha value is -2.54. The molecular weight excluding hydrogens is 377 g/mol. The number of benzene rings is 2. The van der Waals surface area contributed by atoms with E-state index in [1.807, 2.05) is 18.2 Å². The van der Waals surface area contributed by atoms with Gasteiger partial charge in [-0.05, 0) is 34.9 Å². The van der Waals surface area contributed by atoms with Crippen LogP contribution in [0.25, 0.3) is 0 Å². The minimum Gasteiger partial charge on any atom is -0.338 e. The summed E-state index contributed by atoms with van der Waals surface area (Å²) in [5, 5.41) is 6.44. The number of anilines is 2. The van der Waals surface area contributed by atoms with Crippen LogP contribution in [0.4, 0.5) is 15.9 Å². The first kappa shape index (κ1) is 18.8. The highest BCUT2D eigenvalue weighted by Crippen LogP contribution is 2.26. The largest absolute Gasteiger partial charge is 0.338 e. The number of hydrogen-bond donors (Lipinski definition) is 2. The number of piperazine rings is 1. The summed E-state index contributed by atoms with van der Waals surface area (Å²) in [4.78, 5) is 10.00. The van der Waals surface area contributed by atoms with Crippen LogP contribution in [0, 0.1) is 5.82 Å². The standard InChI is InChI=1S/C21H21ClFN5/c22-21-25-12-18(23)20(27-21)26-17-8-6-16(7-9-17)19-13-24-10-11-28(19)14-15-4-2-1-3-5-15/h1-9,12,19,24H,10-11,13-14H2,(H,25,26,27). The Labute approximate surface area is 168 Å². The van der Waals surface area contributed by atoms with Crippen molar-refractivity contribution in [1.82, 2.24) is 20.2 Å². The predicted molar refractivity (Wildman–Crippen MR) is 109 cm³/mol. The lowest BCUT2D eigenvalue weighted by Crippen LogP contribution is -2.45. The number of rotatable bonds is 5. The molecule has 1 saturated heterocycles. The Balaban J connectivity index is 1.49. The van der Waals surface area contributed by atoms with Gasteiger partial charge >= 0.3 is 0 Å². The molecule has 1 aliphatic heterocycles. The van der Waals surface area contributed by atoms with Gasteiger partial charge in [-0.25, -0.2) is 9.37 Å². The highest BCUT2D eigenvalue weighted by Gasteiger charge is 2.23. The van der Waals surface area contributed by atoms with Gasteiger partial charge < -0.3 is 10.6 Å². The van der Waals surface area contributed by atoms with E-state index in [4.69, 9.17) is 11.6 Å². The Bertz CT molecular complexity index is 920. The Morgan fingerprint density at radius 3 is 2.71 bits per heavy atom. The third kappa shape index (κ3) is 4.47. The van der Waals surface area contributed by atoms with Crippen LogP contribution in [-0.4, -0.2) is 34.5 Å². The maximum atomic E-state index is 13.8. The Morgan fingerprint density at radius 2 is 1.93 bits per heavy atom. The van der Waals surface area contributed by atoms with Crippen molar-refractivity contribution in [3.8, 4) is 0 Å². The monoisotopic (exact) mass is 397 g/mol. The van der Waals surface area contributed by atoms with Crippen LogP contribution in [0.3, 0.4) is 0 Å². The lowest BCUT2D eigenvalue weighted by atomic mass is 10.0. The third-order valence-corrected chi connectivity index (χ3v) is 5.04. The van der Waals surface area contributed by atoms with Gasteiger partial charge in [-0.2, -0.15) is 4.98 Å². The molecule has 1 aromatic heterocycles. The van der Waals surface area contributed by atoms with E-state index in [2.05, 4.69) is 61.9 Å². The molecule has 2 aromatic carbocycles. The smallest absolute Gasteiger partial charge is 0.224 e. The first-order valence-corrected chi connectivity index (χ1v) is 9.60. The summed E-state index contributed by atoms with van der Waals surface area (Å²) in [6.07, 6.45) is 1.06. The molecule has 2 N–H and O–H groups in total. The van der Waals surface area contributed by atoms with Crippen LogP contribution < -0.4 is 10.6 Å². The maximum absolute atomic E-state index is 13.8. The zero-order valence-electron chi connectivity index (χ0n) is 15.3. The fourth-order valence-electron chi connectivity index (χ4n) is 3.44. The van der Waals surface area contributed by atoms with Crippen molar-refractivity contribution in [2.24, 2.45) is 0 Å². The topological polar surface area (TPSA) is 53.1 Å². The van der Waals surface area contributed by atoms with Crippen LogP contribution in [0.15, 0.2) is 60.8 Å². The third-order valence-electron chi connectivity index (χ3n) is 4.86. The fourth-order valence-corrected chi connectivity index (χ4v) is 3.57. The number of hydrogen-bond acceptors (Lipinski definition) is 5. The summed E-state index contributed by atoms with van der Waals surface area (Å²) in [6, 6.07) is 18.8. The van der Waals surface area contributed by atoms with Gasteiger partial charge in [-0.15, -0.1) is 0 Å². The normalized spacial score (nSPS) is 17.4. The zero-order valence-corrected chi connectivity index (χ0v) is 16.0. The van der Waals surface area contributed by atoms with Crippen LogP contribution >= 0.6 is 11.6 Å². The molecule has 7 heteroatoms.